The van der Waals surface area contributed by atoms with Crippen LogP contribution in [-0.4, -0.2) is 11.9 Å². The zero-order valence-electron chi connectivity index (χ0n) is 10.1. The highest BCUT2D eigenvalue weighted by Gasteiger charge is 2.20. The normalized spacial score (nSPS) is 25.4. The highest BCUT2D eigenvalue weighted by molar-refractivity contribution is 9.09. The molecule has 0 saturated heterocycles. The van der Waals surface area contributed by atoms with Crippen LogP contribution in [0.3, 0.4) is 0 Å². The predicted octanol–water partition coefficient (Wildman–Crippen LogP) is 5.16. The number of methoxy groups -OCH3 is 1. The minimum absolute atomic E-state index is 0.632. The third kappa shape index (κ3) is 3.38. The maximum absolute atomic E-state index is 6.06. The number of halogens is 2. The lowest BCUT2D eigenvalue weighted by molar-refractivity contribution is 0.413. The van der Waals surface area contributed by atoms with Crippen LogP contribution in [0.2, 0.25) is 5.02 Å². The van der Waals surface area contributed by atoms with Crippen molar-refractivity contribution in [1.29, 1.82) is 0 Å². The Bertz CT molecular complexity index is 380. The maximum Gasteiger partial charge on any atom is 0.137 e. The van der Waals surface area contributed by atoms with Crippen molar-refractivity contribution >= 4 is 27.5 Å². The number of ether oxygens (including phenoxy) is 1. The number of alkyl halides is 1. The average Bonchev–Trinajstić information content (AvgIpc) is 2.54. The van der Waals surface area contributed by atoms with Crippen LogP contribution in [0.1, 0.15) is 43.6 Å². The van der Waals surface area contributed by atoms with E-state index in [0.29, 0.717) is 15.8 Å². The molecule has 2 atom stereocenters. The molecule has 1 aliphatic rings. The van der Waals surface area contributed by atoms with E-state index in [0.717, 1.165) is 5.75 Å². The first-order valence-corrected chi connectivity index (χ1v) is 7.47. The molecule has 0 aliphatic heterocycles. The molecule has 17 heavy (non-hydrogen) atoms. The fourth-order valence-electron chi connectivity index (χ4n) is 2.53. The molecule has 0 N–H and O–H groups in total. The number of hydrogen-bond acceptors (Lipinski definition) is 1. The summed E-state index contributed by atoms with van der Waals surface area (Å²) in [6.45, 7) is 0. The van der Waals surface area contributed by atoms with Gasteiger partial charge < -0.3 is 4.74 Å². The van der Waals surface area contributed by atoms with Gasteiger partial charge in [0.05, 0.1) is 12.1 Å². The lowest BCUT2D eigenvalue weighted by atomic mass is 9.92. The van der Waals surface area contributed by atoms with E-state index in [9.17, 15) is 0 Å². The summed E-state index contributed by atoms with van der Waals surface area (Å²) in [5, 5.41) is 0.695. The van der Waals surface area contributed by atoms with Crippen molar-refractivity contribution in [2.75, 3.05) is 7.11 Å². The van der Waals surface area contributed by atoms with Crippen molar-refractivity contribution in [3.05, 3.63) is 28.8 Å². The van der Waals surface area contributed by atoms with Crippen LogP contribution in [-0.2, 0) is 0 Å². The molecule has 0 heterocycles. The van der Waals surface area contributed by atoms with Gasteiger partial charge >= 0.3 is 0 Å². The molecular formula is C14H18BrClO. The van der Waals surface area contributed by atoms with Gasteiger partial charge in [-0.1, -0.05) is 46.4 Å². The van der Waals surface area contributed by atoms with Crippen molar-refractivity contribution in [1.82, 2.24) is 0 Å². The molecule has 0 aromatic heterocycles. The Labute approximate surface area is 117 Å². The summed E-state index contributed by atoms with van der Waals surface area (Å²) in [5.41, 5.74) is 1.36. The second kappa shape index (κ2) is 6.10. The number of hydrogen-bond donors (Lipinski definition) is 0. The summed E-state index contributed by atoms with van der Waals surface area (Å²) in [5.74, 6) is 1.42. The first kappa shape index (κ1) is 13.2. The monoisotopic (exact) mass is 316 g/mol. The fourth-order valence-corrected chi connectivity index (χ4v) is 3.50. The Hall–Kier alpha value is -0.210. The van der Waals surface area contributed by atoms with E-state index >= 15 is 0 Å². The van der Waals surface area contributed by atoms with Gasteiger partial charge in [0.2, 0.25) is 0 Å². The van der Waals surface area contributed by atoms with Gasteiger partial charge in [-0.2, -0.15) is 0 Å². The smallest absolute Gasteiger partial charge is 0.137 e. The molecule has 1 saturated carbocycles. The summed E-state index contributed by atoms with van der Waals surface area (Å²) in [4.78, 5) is 0.650. The Morgan fingerprint density at radius 2 is 2.06 bits per heavy atom. The van der Waals surface area contributed by atoms with Gasteiger partial charge in [-0.05, 0) is 42.9 Å². The third-order valence-corrected chi connectivity index (χ3v) is 4.65. The molecule has 3 heteroatoms. The van der Waals surface area contributed by atoms with Gasteiger partial charge in [0.25, 0.3) is 0 Å². The molecule has 2 rings (SSSR count). The zero-order valence-corrected chi connectivity index (χ0v) is 12.4. The Balaban J connectivity index is 2.20. The largest absolute Gasteiger partial charge is 0.495 e. The molecule has 2 unspecified atom stereocenters. The molecule has 94 valence electrons. The quantitative estimate of drug-likeness (QED) is 0.541. The molecular weight excluding hydrogens is 300 g/mol. The summed E-state index contributed by atoms with van der Waals surface area (Å²) < 4.78 is 5.29. The minimum Gasteiger partial charge on any atom is -0.495 e. The fraction of sp³-hybridized carbons (Fsp3) is 0.571. The van der Waals surface area contributed by atoms with Crippen LogP contribution >= 0.6 is 27.5 Å². The van der Waals surface area contributed by atoms with Crippen LogP contribution in [0.25, 0.3) is 0 Å². The number of rotatable bonds is 2. The Kier molecular flexibility index (Phi) is 4.75. The highest BCUT2D eigenvalue weighted by Crippen LogP contribution is 2.37. The Morgan fingerprint density at radius 1 is 1.29 bits per heavy atom. The molecule has 0 amide bonds. The van der Waals surface area contributed by atoms with Gasteiger partial charge in [-0.25, -0.2) is 0 Å². The first-order valence-electron chi connectivity index (χ1n) is 6.18. The SMILES string of the molecule is COc1cc(C2CCCCC(Br)C2)ccc1Cl. The molecule has 0 spiro atoms. The van der Waals surface area contributed by atoms with E-state index in [2.05, 4.69) is 28.1 Å². The predicted molar refractivity (Wildman–Crippen MR) is 76.5 cm³/mol. The molecule has 1 aliphatic carbocycles. The molecule has 1 aromatic carbocycles. The van der Waals surface area contributed by atoms with Crippen LogP contribution < -0.4 is 4.74 Å². The van der Waals surface area contributed by atoms with E-state index in [-0.39, 0.29) is 0 Å². The van der Waals surface area contributed by atoms with Gasteiger partial charge in [0, 0.05) is 4.83 Å². The molecule has 0 radical (unpaired) electrons. The second-order valence-corrected chi connectivity index (χ2v) is 6.41. The van der Waals surface area contributed by atoms with Crippen molar-refractivity contribution in [3.63, 3.8) is 0 Å². The van der Waals surface area contributed by atoms with Crippen molar-refractivity contribution in [3.8, 4) is 5.75 Å². The summed E-state index contributed by atoms with van der Waals surface area (Å²) >= 11 is 9.83. The maximum atomic E-state index is 6.06. The van der Waals surface area contributed by atoms with E-state index < -0.39 is 0 Å². The summed E-state index contributed by atoms with van der Waals surface area (Å²) in [6, 6.07) is 6.18. The van der Waals surface area contributed by atoms with Gasteiger partial charge in [0.1, 0.15) is 5.75 Å². The topological polar surface area (TPSA) is 9.23 Å². The number of benzene rings is 1. The van der Waals surface area contributed by atoms with E-state index in [1.54, 1.807) is 7.11 Å². The molecule has 0 bridgehead atoms. The Morgan fingerprint density at radius 3 is 2.82 bits per heavy atom. The van der Waals surface area contributed by atoms with Crippen LogP contribution in [0.5, 0.6) is 5.75 Å². The van der Waals surface area contributed by atoms with E-state index in [4.69, 9.17) is 16.3 Å². The standard InChI is InChI=1S/C14H18BrClO/c1-17-14-9-11(6-7-13(14)16)10-4-2-3-5-12(15)8-10/h6-7,9-10,12H,2-5,8H2,1H3. The van der Waals surface area contributed by atoms with Crippen LogP contribution in [0.4, 0.5) is 0 Å². The summed E-state index contributed by atoms with van der Waals surface area (Å²) in [7, 11) is 1.67. The van der Waals surface area contributed by atoms with Crippen LogP contribution in [0, 0.1) is 0 Å². The van der Waals surface area contributed by atoms with Crippen molar-refractivity contribution in [2.45, 2.75) is 42.8 Å². The molecule has 1 aromatic rings. The zero-order chi connectivity index (χ0) is 12.3. The average molecular weight is 318 g/mol. The van der Waals surface area contributed by atoms with Gasteiger partial charge in [-0.3, -0.25) is 0 Å². The minimum atomic E-state index is 0.632. The summed E-state index contributed by atoms with van der Waals surface area (Å²) in [6.07, 6.45) is 6.42. The van der Waals surface area contributed by atoms with Crippen molar-refractivity contribution in [2.24, 2.45) is 0 Å². The van der Waals surface area contributed by atoms with Gasteiger partial charge in [-0.15, -0.1) is 0 Å². The van der Waals surface area contributed by atoms with Crippen LogP contribution in [0.15, 0.2) is 18.2 Å². The second-order valence-electron chi connectivity index (χ2n) is 4.71. The van der Waals surface area contributed by atoms with Crippen molar-refractivity contribution < 1.29 is 4.74 Å². The molecule has 1 nitrogen and oxygen atoms in total. The van der Waals surface area contributed by atoms with E-state index in [1.165, 1.54) is 37.7 Å². The first-order chi connectivity index (χ1) is 8.20. The third-order valence-electron chi connectivity index (χ3n) is 3.51. The van der Waals surface area contributed by atoms with Gasteiger partial charge in [0.15, 0.2) is 0 Å². The lowest BCUT2D eigenvalue weighted by Crippen LogP contribution is -2.04. The lowest BCUT2D eigenvalue weighted by Gasteiger charge is -2.17. The molecule has 1 fully saturated rings. The van der Waals surface area contributed by atoms with E-state index in [1.807, 2.05) is 6.07 Å². The highest BCUT2D eigenvalue weighted by atomic mass is 79.9.